The van der Waals surface area contributed by atoms with Crippen LogP contribution < -0.4 is 10.1 Å². The zero-order valence-corrected chi connectivity index (χ0v) is 17.6. The van der Waals surface area contributed by atoms with Crippen LogP contribution in [0.5, 0.6) is 5.75 Å². The SMILES string of the molecule is CC(NC(=O)c1cccc(Cl)c1Cl)C(=O)N1CCC(Oc2ccc(F)cc2F)CC1. The van der Waals surface area contributed by atoms with Gasteiger partial charge in [-0.1, -0.05) is 29.3 Å². The van der Waals surface area contributed by atoms with Crippen LogP contribution >= 0.6 is 23.2 Å². The third-order valence-electron chi connectivity index (χ3n) is 4.86. The maximum absolute atomic E-state index is 13.7. The normalized spacial score (nSPS) is 15.6. The molecule has 1 N–H and O–H groups in total. The highest BCUT2D eigenvalue weighted by molar-refractivity contribution is 6.43. The van der Waals surface area contributed by atoms with E-state index < -0.39 is 23.6 Å². The predicted octanol–water partition coefficient (Wildman–Crippen LogP) is 4.46. The standard InChI is InChI=1S/C21H20Cl2F2N2O3/c1-12(26-20(28)15-3-2-4-16(22)19(15)23)21(29)27-9-7-14(8-10-27)30-18-6-5-13(24)11-17(18)25/h2-6,11-12,14H,7-10H2,1H3,(H,26,28). The van der Waals surface area contributed by atoms with Crippen LogP contribution in [0.3, 0.4) is 0 Å². The second-order valence-corrected chi connectivity index (χ2v) is 7.80. The van der Waals surface area contributed by atoms with Crippen molar-refractivity contribution in [3.63, 3.8) is 0 Å². The minimum atomic E-state index is -0.764. The molecule has 1 heterocycles. The number of halogens is 4. The van der Waals surface area contributed by atoms with Crippen LogP contribution in [0.2, 0.25) is 10.0 Å². The number of ether oxygens (including phenoxy) is 1. The van der Waals surface area contributed by atoms with Gasteiger partial charge in [-0.25, -0.2) is 8.78 Å². The van der Waals surface area contributed by atoms with Gasteiger partial charge in [0.05, 0.1) is 15.6 Å². The predicted molar refractivity (Wildman–Crippen MR) is 110 cm³/mol. The number of hydrogen-bond donors (Lipinski definition) is 1. The molecule has 2 aromatic carbocycles. The number of nitrogens with zero attached hydrogens (tertiary/aromatic N) is 1. The lowest BCUT2D eigenvalue weighted by Crippen LogP contribution is -2.50. The summed E-state index contributed by atoms with van der Waals surface area (Å²) in [6.45, 7) is 2.38. The Balaban J connectivity index is 1.53. The fourth-order valence-electron chi connectivity index (χ4n) is 3.23. The first-order valence-electron chi connectivity index (χ1n) is 9.41. The van der Waals surface area contributed by atoms with Crippen molar-refractivity contribution < 1.29 is 23.1 Å². The van der Waals surface area contributed by atoms with E-state index in [1.165, 1.54) is 12.1 Å². The van der Waals surface area contributed by atoms with Gasteiger partial charge >= 0.3 is 0 Å². The molecular formula is C21H20Cl2F2N2O3. The van der Waals surface area contributed by atoms with E-state index in [0.29, 0.717) is 25.9 Å². The Morgan fingerprint density at radius 2 is 1.87 bits per heavy atom. The van der Waals surface area contributed by atoms with Crippen LogP contribution in [0, 0.1) is 11.6 Å². The molecule has 1 saturated heterocycles. The molecule has 1 aliphatic heterocycles. The summed E-state index contributed by atoms with van der Waals surface area (Å²) in [5.74, 6) is -2.18. The van der Waals surface area contributed by atoms with Crippen molar-refractivity contribution in [3.8, 4) is 5.75 Å². The average molecular weight is 457 g/mol. The zero-order valence-electron chi connectivity index (χ0n) is 16.1. The molecule has 0 aliphatic carbocycles. The molecule has 0 spiro atoms. The Kier molecular flexibility index (Phi) is 7.15. The van der Waals surface area contributed by atoms with Gasteiger partial charge in [0.15, 0.2) is 11.6 Å². The number of likely N-dealkylation sites (tertiary alicyclic amines) is 1. The van der Waals surface area contributed by atoms with Gasteiger partial charge in [0, 0.05) is 32.0 Å². The van der Waals surface area contributed by atoms with Crippen molar-refractivity contribution >= 4 is 35.0 Å². The molecule has 9 heteroatoms. The van der Waals surface area contributed by atoms with Crippen molar-refractivity contribution in [2.75, 3.05) is 13.1 Å². The van der Waals surface area contributed by atoms with Crippen molar-refractivity contribution in [3.05, 3.63) is 63.6 Å². The maximum Gasteiger partial charge on any atom is 0.253 e. The average Bonchev–Trinajstić information content (AvgIpc) is 2.72. The van der Waals surface area contributed by atoms with Gasteiger partial charge in [-0.3, -0.25) is 9.59 Å². The van der Waals surface area contributed by atoms with Gasteiger partial charge in [0.2, 0.25) is 5.91 Å². The summed E-state index contributed by atoms with van der Waals surface area (Å²) in [5.41, 5.74) is 0.192. The minimum Gasteiger partial charge on any atom is -0.487 e. The molecule has 1 aliphatic rings. The molecule has 0 saturated carbocycles. The van der Waals surface area contributed by atoms with Crippen molar-refractivity contribution in [1.82, 2.24) is 10.2 Å². The molecule has 160 valence electrons. The monoisotopic (exact) mass is 456 g/mol. The van der Waals surface area contributed by atoms with E-state index in [-0.39, 0.29) is 33.4 Å². The summed E-state index contributed by atoms with van der Waals surface area (Å²) >= 11 is 12.0. The Hall–Kier alpha value is -2.38. The van der Waals surface area contributed by atoms with Crippen LogP contribution in [0.4, 0.5) is 8.78 Å². The number of benzene rings is 2. The fraction of sp³-hybridized carbons (Fsp3) is 0.333. The van der Waals surface area contributed by atoms with Gasteiger partial charge in [-0.05, 0) is 31.2 Å². The molecule has 1 unspecified atom stereocenters. The highest BCUT2D eigenvalue weighted by atomic mass is 35.5. The fourth-order valence-corrected chi connectivity index (χ4v) is 3.62. The Labute approximate surface area is 182 Å². The topological polar surface area (TPSA) is 58.6 Å². The van der Waals surface area contributed by atoms with Crippen molar-refractivity contribution in [2.45, 2.75) is 31.9 Å². The zero-order chi connectivity index (χ0) is 21.8. The van der Waals surface area contributed by atoms with Crippen LogP contribution in [0.15, 0.2) is 36.4 Å². The van der Waals surface area contributed by atoms with E-state index >= 15 is 0 Å². The first-order valence-corrected chi connectivity index (χ1v) is 10.2. The van der Waals surface area contributed by atoms with Gasteiger partial charge in [0.1, 0.15) is 18.0 Å². The van der Waals surface area contributed by atoms with E-state index in [4.69, 9.17) is 27.9 Å². The summed E-state index contributed by atoms with van der Waals surface area (Å²) in [6.07, 6.45) is 0.691. The van der Waals surface area contributed by atoms with Gasteiger partial charge in [0.25, 0.3) is 5.91 Å². The lowest BCUT2D eigenvalue weighted by Gasteiger charge is -2.33. The molecule has 0 radical (unpaired) electrons. The second kappa shape index (κ2) is 9.62. The highest BCUT2D eigenvalue weighted by Crippen LogP contribution is 2.26. The summed E-state index contributed by atoms with van der Waals surface area (Å²) in [7, 11) is 0. The molecular weight excluding hydrogens is 437 g/mol. The van der Waals surface area contributed by atoms with Crippen molar-refractivity contribution in [1.29, 1.82) is 0 Å². The molecule has 0 bridgehead atoms. The number of piperidine rings is 1. The molecule has 30 heavy (non-hydrogen) atoms. The summed E-state index contributed by atoms with van der Waals surface area (Å²) in [6, 6.07) is 7.08. The Morgan fingerprint density at radius 1 is 1.17 bits per heavy atom. The van der Waals surface area contributed by atoms with E-state index in [2.05, 4.69) is 5.32 Å². The summed E-state index contributed by atoms with van der Waals surface area (Å²) in [5, 5.41) is 3.02. The number of carbonyl (C=O) groups excluding carboxylic acids is 2. The van der Waals surface area contributed by atoms with Gasteiger partial charge in [-0.2, -0.15) is 0 Å². The molecule has 2 amide bonds. The smallest absolute Gasteiger partial charge is 0.253 e. The lowest BCUT2D eigenvalue weighted by molar-refractivity contribution is -0.134. The van der Waals surface area contributed by atoms with Gasteiger partial charge < -0.3 is 15.0 Å². The van der Waals surface area contributed by atoms with Crippen molar-refractivity contribution in [2.24, 2.45) is 0 Å². The number of amides is 2. The summed E-state index contributed by atoms with van der Waals surface area (Å²) < 4.78 is 32.3. The molecule has 1 fully saturated rings. The lowest BCUT2D eigenvalue weighted by atomic mass is 10.1. The minimum absolute atomic E-state index is 0.0137. The molecule has 2 aromatic rings. The van der Waals surface area contributed by atoms with E-state index in [1.54, 1.807) is 24.0 Å². The molecule has 5 nitrogen and oxygen atoms in total. The molecule has 0 aromatic heterocycles. The first-order chi connectivity index (χ1) is 14.3. The summed E-state index contributed by atoms with van der Waals surface area (Å²) in [4.78, 5) is 26.7. The third-order valence-corrected chi connectivity index (χ3v) is 5.67. The number of carbonyl (C=O) groups is 2. The number of rotatable bonds is 5. The van der Waals surface area contributed by atoms with E-state index in [1.807, 2.05) is 0 Å². The van der Waals surface area contributed by atoms with Gasteiger partial charge in [-0.15, -0.1) is 0 Å². The van der Waals surface area contributed by atoms with Crippen LogP contribution in [0.1, 0.15) is 30.1 Å². The largest absolute Gasteiger partial charge is 0.487 e. The molecule has 1 atom stereocenters. The second-order valence-electron chi connectivity index (χ2n) is 7.01. The number of hydrogen-bond acceptors (Lipinski definition) is 3. The van der Waals surface area contributed by atoms with E-state index in [0.717, 1.165) is 12.1 Å². The quantitative estimate of drug-likeness (QED) is 0.722. The third kappa shape index (κ3) is 5.21. The first kappa shape index (κ1) is 22.3. The Bertz CT molecular complexity index is 950. The van der Waals surface area contributed by atoms with Crippen LogP contribution in [-0.4, -0.2) is 41.9 Å². The van der Waals surface area contributed by atoms with Crippen LogP contribution in [0.25, 0.3) is 0 Å². The number of nitrogens with one attached hydrogen (secondary N) is 1. The maximum atomic E-state index is 13.7. The van der Waals surface area contributed by atoms with Crippen LogP contribution in [-0.2, 0) is 4.79 Å². The van der Waals surface area contributed by atoms with E-state index in [9.17, 15) is 18.4 Å². The highest BCUT2D eigenvalue weighted by Gasteiger charge is 2.28. The molecule has 3 rings (SSSR count). The Morgan fingerprint density at radius 3 is 2.53 bits per heavy atom.